The van der Waals surface area contributed by atoms with Crippen LogP contribution in [0.1, 0.15) is 0 Å². The predicted octanol–water partition coefficient (Wildman–Crippen LogP) is 2.28. The van der Waals surface area contributed by atoms with Gasteiger partial charge in [0.05, 0.1) is 0 Å². The highest BCUT2D eigenvalue weighted by molar-refractivity contribution is 7.12. The number of amides is 1. The number of carbonyl (C=O) groups is 1. The van der Waals surface area contributed by atoms with Crippen molar-refractivity contribution in [2.24, 2.45) is 0 Å². The Labute approximate surface area is 146 Å². The minimum atomic E-state index is -0.449. The van der Waals surface area contributed by atoms with Crippen molar-refractivity contribution in [2.45, 2.75) is 6.54 Å². The molecule has 0 saturated heterocycles. The van der Waals surface area contributed by atoms with Crippen LogP contribution in [0.15, 0.2) is 64.8 Å². The Morgan fingerprint density at radius 3 is 2.72 bits per heavy atom. The zero-order chi connectivity index (χ0) is 17.2. The van der Waals surface area contributed by atoms with E-state index in [1.54, 1.807) is 6.07 Å². The molecular weight excluding hydrogens is 338 g/mol. The summed E-state index contributed by atoms with van der Waals surface area (Å²) < 4.78 is 2.22. The van der Waals surface area contributed by atoms with Gasteiger partial charge in [-0.05, 0) is 39.4 Å². The molecular formula is C17H13N5O2S. The molecule has 1 N–H and O–H groups in total. The Morgan fingerprint density at radius 2 is 1.88 bits per heavy atom. The van der Waals surface area contributed by atoms with Gasteiger partial charge in [-0.15, -0.1) is 11.3 Å². The third kappa shape index (κ3) is 2.94. The largest absolute Gasteiger partial charge is 0.369 e. The van der Waals surface area contributed by atoms with Crippen LogP contribution in [0.25, 0.3) is 15.8 Å². The Hall–Kier alpha value is -3.26. The van der Waals surface area contributed by atoms with Gasteiger partial charge in [-0.25, -0.2) is 4.79 Å². The summed E-state index contributed by atoms with van der Waals surface area (Å²) in [7, 11) is 0. The number of anilines is 1. The van der Waals surface area contributed by atoms with Gasteiger partial charge in [0.1, 0.15) is 11.5 Å². The van der Waals surface area contributed by atoms with Crippen LogP contribution in [-0.4, -0.2) is 25.7 Å². The van der Waals surface area contributed by atoms with E-state index in [2.05, 4.69) is 15.7 Å². The molecule has 0 atom stereocenters. The van der Waals surface area contributed by atoms with E-state index >= 15 is 0 Å². The maximum atomic E-state index is 12.3. The monoisotopic (exact) mass is 351 g/mol. The van der Waals surface area contributed by atoms with Crippen molar-refractivity contribution >= 4 is 33.7 Å². The maximum absolute atomic E-state index is 12.3. The fourth-order valence-corrected chi connectivity index (χ4v) is 3.23. The minimum absolute atomic E-state index is 0.201. The maximum Gasteiger partial charge on any atom is 0.369 e. The van der Waals surface area contributed by atoms with Crippen LogP contribution >= 0.6 is 11.3 Å². The van der Waals surface area contributed by atoms with Crippen LogP contribution in [0.4, 0.5) is 5.69 Å². The first-order valence-electron chi connectivity index (χ1n) is 7.57. The molecule has 0 spiro atoms. The molecule has 0 bridgehead atoms. The fraction of sp³-hybridized carbons (Fsp3) is 0.0588. The lowest BCUT2D eigenvalue weighted by Gasteiger charge is -2.08. The summed E-state index contributed by atoms with van der Waals surface area (Å²) >= 11 is 1.37. The average molecular weight is 351 g/mol. The fourth-order valence-electron chi connectivity index (χ4n) is 2.56. The molecule has 2 aromatic heterocycles. The van der Waals surface area contributed by atoms with Gasteiger partial charge in [0, 0.05) is 11.1 Å². The van der Waals surface area contributed by atoms with Crippen molar-refractivity contribution in [1.29, 1.82) is 0 Å². The van der Waals surface area contributed by atoms with Crippen LogP contribution in [0.3, 0.4) is 0 Å². The van der Waals surface area contributed by atoms with Gasteiger partial charge in [-0.3, -0.25) is 4.79 Å². The van der Waals surface area contributed by atoms with Crippen LogP contribution in [0, 0.1) is 0 Å². The summed E-state index contributed by atoms with van der Waals surface area (Å²) in [4.78, 5) is 24.6. The van der Waals surface area contributed by atoms with Gasteiger partial charge in [-0.2, -0.15) is 9.36 Å². The average Bonchev–Trinajstić information content (AvgIpc) is 3.26. The van der Waals surface area contributed by atoms with E-state index in [1.165, 1.54) is 16.0 Å². The van der Waals surface area contributed by atoms with Crippen LogP contribution in [-0.2, 0) is 11.3 Å². The Kier molecular flexibility index (Phi) is 3.87. The van der Waals surface area contributed by atoms with Gasteiger partial charge < -0.3 is 5.32 Å². The van der Waals surface area contributed by atoms with Crippen molar-refractivity contribution in [2.75, 3.05) is 5.32 Å². The minimum Gasteiger partial charge on any atom is -0.324 e. The number of tetrazole rings is 1. The predicted molar refractivity (Wildman–Crippen MR) is 96.1 cm³/mol. The van der Waals surface area contributed by atoms with Crippen LogP contribution < -0.4 is 11.0 Å². The van der Waals surface area contributed by atoms with Crippen LogP contribution in [0.5, 0.6) is 0 Å². The lowest BCUT2D eigenvalue weighted by Crippen LogP contribution is -2.29. The topological polar surface area (TPSA) is 81.8 Å². The number of hydrogen-bond acceptors (Lipinski definition) is 5. The Morgan fingerprint density at radius 1 is 1.04 bits per heavy atom. The van der Waals surface area contributed by atoms with Gasteiger partial charge >= 0.3 is 5.69 Å². The van der Waals surface area contributed by atoms with Crippen molar-refractivity contribution < 1.29 is 4.79 Å². The highest BCUT2D eigenvalue weighted by Gasteiger charge is 2.13. The second kappa shape index (κ2) is 6.33. The van der Waals surface area contributed by atoms with Crippen molar-refractivity contribution in [1.82, 2.24) is 19.8 Å². The lowest BCUT2D eigenvalue weighted by molar-refractivity contribution is -0.117. The quantitative estimate of drug-likeness (QED) is 0.611. The summed E-state index contributed by atoms with van der Waals surface area (Å²) in [6, 6.07) is 17.0. The molecule has 0 aliphatic carbocycles. The van der Waals surface area contributed by atoms with Crippen molar-refractivity contribution in [3.8, 4) is 5.00 Å². The van der Waals surface area contributed by atoms with E-state index in [-0.39, 0.29) is 12.5 Å². The van der Waals surface area contributed by atoms with Crippen LogP contribution in [0.2, 0.25) is 0 Å². The van der Waals surface area contributed by atoms with E-state index < -0.39 is 5.69 Å². The summed E-state index contributed by atoms with van der Waals surface area (Å²) in [6.45, 7) is -0.201. The second-order valence-electron chi connectivity index (χ2n) is 5.36. The molecule has 0 radical (unpaired) electrons. The van der Waals surface area contributed by atoms with Gasteiger partial charge in [0.25, 0.3) is 0 Å². The molecule has 8 heteroatoms. The summed E-state index contributed by atoms with van der Waals surface area (Å²) in [5.41, 5.74) is 0.248. The molecule has 25 heavy (non-hydrogen) atoms. The molecule has 4 rings (SSSR count). The number of nitrogens with zero attached hydrogens (tertiary/aromatic N) is 4. The molecule has 0 fully saturated rings. The van der Waals surface area contributed by atoms with E-state index in [4.69, 9.17) is 0 Å². The molecule has 4 aromatic rings. The molecule has 1 amide bonds. The standard InChI is InChI=1S/C17H13N5O2S/c23-15(18-14-8-3-6-12-5-1-2-7-13(12)14)11-21-17(24)22(20-19-21)16-9-4-10-25-16/h1-10H,11H2,(H,18,23). The number of carbonyl (C=O) groups excluding carboxylic acids is 1. The highest BCUT2D eigenvalue weighted by atomic mass is 32.1. The molecule has 0 unspecified atom stereocenters. The Balaban J connectivity index is 1.56. The zero-order valence-electron chi connectivity index (χ0n) is 13.0. The normalized spacial score (nSPS) is 10.9. The molecule has 0 aliphatic heterocycles. The van der Waals surface area contributed by atoms with Gasteiger partial charge in [0.15, 0.2) is 0 Å². The van der Waals surface area contributed by atoms with Crippen molar-refractivity contribution in [3.63, 3.8) is 0 Å². The number of hydrogen-bond donors (Lipinski definition) is 1. The molecule has 0 saturated carbocycles. The third-order valence-corrected chi connectivity index (χ3v) is 4.56. The van der Waals surface area contributed by atoms with E-state index in [1.807, 2.05) is 53.9 Å². The van der Waals surface area contributed by atoms with E-state index in [0.29, 0.717) is 10.7 Å². The molecule has 2 aromatic carbocycles. The zero-order valence-corrected chi connectivity index (χ0v) is 13.8. The number of rotatable bonds is 4. The third-order valence-electron chi connectivity index (χ3n) is 3.71. The number of aromatic nitrogens is 4. The first-order valence-corrected chi connectivity index (χ1v) is 8.45. The number of benzene rings is 2. The molecule has 0 aliphatic rings. The first-order chi connectivity index (χ1) is 12.2. The van der Waals surface area contributed by atoms with E-state index in [9.17, 15) is 9.59 Å². The number of fused-ring (bicyclic) bond motifs is 1. The number of thiophene rings is 1. The SMILES string of the molecule is O=C(Cn1nnn(-c2cccs2)c1=O)Nc1cccc2ccccc12. The Bertz CT molecular complexity index is 1090. The second-order valence-corrected chi connectivity index (χ2v) is 6.28. The summed E-state index contributed by atoms with van der Waals surface area (Å²) in [5, 5.41) is 14.9. The lowest BCUT2D eigenvalue weighted by atomic mass is 10.1. The molecule has 124 valence electrons. The van der Waals surface area contributed by atoms with Gasteiger partial charge in [0.2, 0.25) is 5.91 Å². The first kappa shape index (κ1) is 15.3. The van der Waals surface area contributed by atoms with Crippen molar-refractivity contribution in [3.05, 3.63) is 70.5 Å². The van der Waals surface area contributed by atoms with Gasteiger partial charge in [-0.1, -0.05) is 36.4 Å². The van der Waals surface area contributed by atoms with E-state index in [0.717, 1.165) is 15.5 Å². The molecule has 7 nitrogen and oxygen atoms in total. The number of nitrogens with one attached hydrogen (secondary N) is 1. The molecule has 2 heterocycles. The smallest absolute Gasteiger partial charge is 0.324 e. The summed E-state index contributed by atoms with van der Waals surface area (Å²) in [5.74, 6) is -0.336. The summed E-state index contributed by atoms with van der Waals surface area (Å²) in [6.07, 6.45) is 0. The highest BCUT2D eigenvalue weighted by Crippen LogP contribution is 2.22.